The maximum atomic E-state index is 9.10. The maximum Gasteiger partial charge on any atom is 0.0682 e. The van der Waals surface area contributed by atoms with Crippen molar-refractivity contribution in [2.24, 2.45) is 11.8 Å². The zero-order chi connectivity index (χ0) is 12.4. The quantitative estimate of drug-likeness (QED) is 0.924. The predicted molar refractivity (Wildman–Crippen MR) is 75.2 cm³/mol. The first-order valence-electron chi connectivity index (χ1n) is 6.26. The Morgan fingerprint density at radius 2 is 2.24 bits per heavy atom. The van der Waals surface area contributed by atoms with Crippen LogP contribution in [0.5, 0.6) is 0 Å². The Labute approximate surface area is 112 Å². The number of anilines is 1. The number of halogens is 1. The Bertz CT molecular complexity index is 392. The van der Waals surface area contributed by atoms with Crippen LogP contribution in [0, 0.1) is 11.8 Å². The van der Waals surface area contributed by atoms with Crippen LogP contribution < -0.4 is 4.90 Å². The van der Waals surface area contributed by atoms with Crippen molar-refractivity contribution in [2.45, 2.75) is 26.9 Å². The number of hydrogen-bond acceptors (Lipinski definition) is 2. The van der Waals surface area contributed by atoms with Crippen LogP contribution in [0.4, 0.5) is 5.69 Å². The molecule has 2 rings (SSSR count). The number of benzene rings is 1. The van der Waals surface area contributed by atoms with Crippen molar-refractivity contribution < 1.29 is 5.11 Å². The second kappa shape index (κ2) is 5.40. The SMILES string of the molecule is CC(C)C1CCN(c2ccc(CO)cc2Br)C1. The maximum absolute atomic E-state index is 9.10. The average Bonchev–Trinajstić information content (AvgIpc) is 2.78. The van der Waals surface area contributed by atoms with Gasteiger partial charge >= 0.3 is 0 Å². The normalized spacial score (nSPS) is 20.3. The topological polar surface area (TPSA) is 23.5 Å². The van der Waals surface area contributed by atoms with Crippen LogP contribution >= 0.6 is 15.9 Å². The highest BCUT2D eigenvalue weighted by Gasteiger charge is 2.25. The molecule has 0 saturated carbocycles. The molecule has 1 aliphatic heterocycles. The summed E-state index contributed by atoms with van der Waals surface area (Å²) in [5.41, 5.74) is 2.21. The average molecular weight is 298 g/mol. The van der Waals surface area contributed by atoms with E-state index in [-0.39, 0.29) is 6.61 Å². The van der Waals surface area contributed by atoms with Crippen LogP contribution in [-0.2, 0) is 6.61 Å². The minimum absolute atomic E-state index is 0.105. The molecular formula is C14H20BrNO. The van der Waals surface area contributed by atoms with Gasteiger partial charge in [-0.15, -0.1) is 0 Å². The summed E-state index contributed by atoms with van der Waals surface area (Å²) in [5.74, 6) is 1.56. The minimum atomic E-state index is 0.105. The molecule has 1 fully saturated rings. The van der Waals surface area contributed by atoms with Gasteiger partial charge in [-0.3, -0.25) is 0 Å². The molecule has 1 N–H and O–H groups in total. The molecule has 0 bridgehead atoms. The lowest BCUT2D eigenvalue weighted by molar-refractivity contribution is 0.282. The Balaban J connectivity index is 2.13. The molecular weight excluding hydrogens is 278 g/mol. The lowest BCUT2D eigenvalue weighted by atomic mass is 9.95. The molecule has 17 heavy (non-hydrogen) atoms. The van der Waals surface area contributed by atoms with Crippen molar-refractivity contribution >= 4 is 21.6 Å². The molecule has 1 aromatic carbocycles. The summed E-state index contributed by atoms with van der Waals surface area (Å²) in [5, 5.41) is 9.10. The van der Waals surface area contributed by atoms with Gasteiger partial charge in [0.05, 0.1) is 12.3 Å². The highest BCUT2D eigenvalue weighted by atomic mass is 79.9. The summed E-state index contributed by atoms with van der Waals surface area (Å²) < 4.78 is 1.09. The van der Waals surface area contributed by atoms with Gasteiger partial charge in [0.25, 0.3) is 0 Å². The van der Waals surface area contributed by atoms with E-state index in [0.29, 0.717) is 0 Å². The first kappa shape index (κ1) is 12.9. The number of aliphatic hydroxyl groups excluding tert-OH is 1. The molecule has 0 amide bonds. The van der Waals surface area contributed by atoms with Gasteiger partial charge < -0.3 is 10.0 Å². The molecule has 1 aliphatic rings. The zero-order valence-electron chi connectivity index (χ0n) is 10.5. The van der Waals surface area contributed by atoms with Gasteiger partial charge in [-0.25, -0.2) is 0 Å². The molecule has 1 unspecified atom stereocenters. The van der Waals surface area contributed by atoms with Gasteiger partial charge in [-0.05, 0) is 51.9 Å². The van der Waals surface area contributed by atoms with Crippen LogP contribution in [0.3, 0.4) is 0 Å². The van der Waals surface area contributed by atoms with E-state index in [9.17, 15) is 0 Å². The van der Waals surface area contributed by atoms with Crippen molar-refractivity contribution in [2.75, 3.05) is 18.0 Å². The van der Waals surface area contributed by atoms with E-state index in [4.69, 9.17) is 5.11 Å². The van der Waals surface area contributed by atoms with Crippen LogP contribution in [0.25, 0.3) is 0 Å². The lowest BCUT2D eigenvalue weighted by Crippen LogP contribution is -2.21. The Morgan fingerprint density at radius 3 is 2.76 bits per heavy atom. The summed E-state index contributed by atoms with van der Waals surface area (Å²) in [7, 11) is 0. The minimum Gasteiger partial charge on any atom is -0.392 e. The molecule has 0 aromatic heterocycles. The van der Waals surface area contributed by atoms with E-state index < -0.39 is 0 Å². The fraction of sp³-hybridized carbons (Fsp3) is 0.571. The second-order valence-electron chi connectivity index (χ2n) is 5.18. The second-order valence-corrected chi connectivity index (χ2v) is 6.04. The monoisotopic (exact) mass is 297 g/mol. The van der Waals surface area contributed by atoms with Gasteiger partial charge in [0, 0.05) is 17.6 Å². The van der Waals surface area contributed by atoms with Gasteiger partial charge in [-0.1, -0.05) is 19.9 Å². The largest absolute Gasteiger partial charge is 0.392 e. The number of nitrogens with zero attached hydrogens (tertiary/aromatic N) is 1. The van der Waals surface area contributed by atoms with Crippen molar-refractivity contribution in [1.82, 2.24) is 0 Å². The van der Waals surface area contributed by atoms with E-state index in [2.05, 4.69) is 40.7 Å². The molecule has 0 spiro atoms. The fourth-order valence-electron chi connectivity index (χ4n) is 2.46. The summed E-state index contributed by atoms with van der Waals surface area (Å²) in [6.45, 7) is 7.00. The van der Waals surface area contributed by atoms with Crippen LogP contribution in [-0.4, -0.2) is 18.2 Å². The molecule has 1 heterocycles. The van der Waals surface area contributed by atoms with Crippen molar-refractivity contribution in [1.29, 1.82) is 0 Å². The highest BCUT2D eigenvalue weighted by molar-refractivity contribution is 9.10. The summed E-state index contributed by atoms with van der Waals surface area (Å²) in [6.07, 6.45) is 1.28. The first-order valence-corrected chi connectivity index (χ1v) is 7.05. The zero-order valence-corrected chi connectivity index (χ0v) is 12.1. The molecule has 1 aromatic rings. The number of hydrogen-bond donors (Lipinski definition) is 1. The van der Waals surface area contributed by atoms with Gasteiger partial charge in [-0.2, -0.15) is 0 Å². The standard InChI is InChI=1S/C14H20BrNO/c1-10(2)12-5-6-16(8-12)14-4-3-11(9-17)7-13(14)15/h3-4,7,10,12,17H,5-6,8-9H2,1-2H3. The Morgan fingerprint density at radius 1 is 1.47 bits per heavy atom. The summed E-state index contributed by atoms with van der Waals surface area (Å²) in [4.78, 5) is 2.44. The van der Waals surface area contributed by atoms with E-state index in [1.165, 1.54) is 12.1 Å². The molecule has 0 radical (unpaired) electrons. The fourth-order valence-corrected chi connectivity index (χ4v) is 3.13. The Kier molecular flexibility index (Phi) is 4.10. The van der Waals surface area contributed by atoms with Gasteiger partial charge in [0.2, 0.25) is 0 Å². The van der Waals surface area contributed by atoms with E-state index in [1.54, 1.807) is 0 Å². The molecule has 3 heteroatoms. The summed E-state index contributed by atoms with van der Waals surface area (Å²) in [6, 6.07) is 6.12. The van der Waals surface area contributed by atoms with Crippen molar-refractivity contribution in [3.63, 3.8) is 0 Å². The smallest absolute Gasteiger partial charge is 0.0682 e. The van der Waals surface area contributed by atoms with E-state index in [0.717, 1.165) is 35.0 Å². The predicted octanol–water partition coefficient (Wildman–Crippen LogP) is 3.42. The molecule has 94 valence electrons. The highest BCUT2D eigenvalue weighted by Crippen LogP contribution is 2.33. The first-order chi connectivity index (χ1) is 8.11. The van der Waals surface area contributed by atoms with Crippen LogP contribution in [0.1, 0.15) is 25.8 Å². The number of aliphatic hydroxyl groups is 1. The van der Waals surface area contributed by atoms with Crippen molar-refractivity contribution in [3.05, 3.63) is 28.2 Å². The molecule has 1 saturated heterocycles. The van der Waals surface area contributed by atoms with E-state index >= 15 is 0 Å². The van der Waals surface area contributed by atoms with Crippen LogP contribution in [0.2, 0.25) is 0 Å². The van der Waals surface area contributed by atoms with E-state index in [1.807, 2.05) is 12.1 Å². The molecule has 2 nitrogen and oxygen atoms in total. The van der Waals surface area contributed by atoms with Gasteiger partial charge in [0.15, 0.2) is 0 Å². The third-order valence-corrected chi connectivity index (χ3v) is 4.34. The Hall–Kier alpha value is -0.540. The number of rotatable bonds is 3. The third kappa shape index (κ3) is 2.83. The van der Waals surface area contributed by atoms with Gasteiger partial charge in [0.1, 0.15) is 0 Å². The molecule has 1 atom stereocenters. The lowest BCUT2D eigenvalue weighted by Gasteiger charge is -2.21. The van der Waals surface area contributed by atoms with Crippen molar-refractivity contribution in [3.8, 4) is 0 Å². The molecule has 0 aliphatic carbocycles. The van der Waals surface area contributed by atoms with Crippen LogP contribution in [0.15, 0.2) is 22.7 Å². The third-order valence-electron chi connectivity index (χ3n) is 3.70. The summed E-state index contributed by atoms with van der Waals surface area (Å²) >= 11 is 3.60.